The summed E-state index contributed by atoms with van der Waals surface area (Å²) in [4.78, 5) is 36.9. The number of hydrogen-bond acceptors (Lipinski definition) is 4. The lowest BCUT2D eigenvalue weighted by molar-refractivity contribution is -0.140. The highest BCUT2D eigenvalue weighted by molar-refractivity contribution is 5.96. The molecule has 0 N–H and O–H groups in total. The highest BCUT2D eigenvalue weighted by atomic mass is 16.2. The van der Waals surface area contributed by atoms with Crippen LogP contribution in [0, 0.1) is 13.8 Å². The van der Waals surface area contributed by atoms with Gasteiger partial charge in [-0.2, -0.15) is 0 Å². The molecule has 1 aromatic heterocycles. The van der Waals surface area contributed by atoms with Gasteiger partial charge in [-0.05, 0) is 26.3 Å². The second-order valence-electron chi connectivity index (χ2n) is 6.46. The van der Waals surface area contributed by atoms with Crippen LogP contribution in [-0.4, -0.2) is 50.7 Å². The van der Waals surface area contributed by atoms with Crippen LogP contribution >= 0.6 is 0 Å². The number of carbonyl (C=O) groups is 2. The van der Waals surface area contributed by atoms with Crippen molar-refractivity contribution in [2.45, 2.75) is 33.4 Å². The van der Waals surface area contributed by atoms with Crippen molar-refractivity contribution in [1.29, 1.82) is 0 Å². The third-order valence-corrected chi connectivity index (χ3v) is 4.50. The van der Waals surface area contributed by atoms with Gasteiger partial charge in [-0.3, -0.25) is 14.6 Å². The molecule has 1 aliphatic heterocycles. The molecule has 2 aromatic rings. The number of nitrogens with zero attached hydrogens (tertiary/aromatic N) is 4. The number of aryl methyl sites for hydroxylation is 2. The summed E-state index contributed by atoms with van der Waals surface area (Å²) >= 11 is 0. The molecule has 2 heterocycles. The summed E-state index contributed by atoms with van der Waals surface area (Å²) < 4.78 is 0. The molecule has 1 saturated heterocycles. The van der Waals surface area contributed by atoms with Gasteiger partial charge in [0, 0.05) is 25.8 Å². The first-order valence-electron chi connectivity index (χ1n) is 8.39. The van der Waals surface area contributed by atoms with Gasteiger partial charge < -0.3 is 9.80 Å². The number of hydrogen-bond donors (Lipinski definition) is 0. The summed E-state index contributed by atoms with van der Waals surface area (Å²) in [5.41, 5.74) is 3.31. The van der Waals surface area contributed by atoms with E-state index in [4.69, 9.17) is 0 Å². The van der Waals surface area contributed by atoms with E-state index in [9.17, 15) is 9.59 Å². The minimum Gasteiger partial charge on any atom is -0.335 e. The minimum absolute atomic E-state index is 0.0414. The van der Waals surface area contributed by atoms with Crippen LogP contribution in [-0.2, 0) is 11.3 Å². The molecule has 130 valence electrons. The van der Waals surface area contributed by atoms with E-state index in [1.165, 1.54) is 11.8 Å². The average Bonchev–Trinajstić information content (AvgIpc) is 2.61. The van der Waals surface area contributed by atoms with Crippen molar-refractivity contribution in [3.63, 3.8) is 0 Å². The largest absolute Gasteiger partial charge is 0.335 e. The van der Waals surface area contributed by atoms with Gasteiger partial charge in [0.05, 0.1) is 11.9 Å². The van der Waals surface area contributed by atoms with Gasteiger partial charge in [-0.15, -0.1) is 0 Å². The SMILES string of the molecule is Cc1ccc(CN2CCN(C(=O)c3cnc(C)cn3)[C@@H](C)C2=O)cc1. The number of rotatable bonds is 3. The zero-order valence-corrected chi connectivity index (χ0v) is 14.8. The third-order valence-electron chi connectivity index (χ3n) is 4.50. The van der Waals surface area contributed by atoms with Crippen molar-refractivity contribution in [3.05, 3.63) is 59.2 Å². The Morgan fingerprint density at radius 3 is 2.48 bits per heavy atom. The molecule has 1 atom stereocenters. The molecule has 0 spiro atoms. The third kappa shape index (κ3) is 3.68. The van der Waals surface area contributed by atoms with E-state index in [-0.39, 0.29) is 17.5 Å². The number of aromatic nitrogens is 2. The first-order valence-corrected chi connectivity index (χ1v) is 8.39. The summed E-state index contributed by atoms with van der Waals surface area (Å²) in [6.07, 6.45) is 3.03. The highest BCUT2D eigenvalue weighted by Gasteiger charge is 2.35. The Kier molecular flexibility index (Phi) is 4.79. The van der Waals surface area contributed by atoms with Crippen molar-refractivity contribution in [1.82, 2.24) is 19.8 Å². The van der Waals surface area contributed by atoms with Crippen molar-refractivity contribution in [2.24, 2.45) is 0 Å². The molecular formula is C19H22N4O2. The monoisotopic (exact) mass is 338 g/mol. The molecule has 6 heteroatoms. The van der Waals surface area contributed by atoms with E-state index >= 15 is 0 Å². The van der Waals surface area contributed by atoms with Crippen LogP contribution < -0.4 is 0 Å². The van der Waals surface area contributed by atoms with E-state index in [0.29, 0.717) is 19.6 Å². The Labute approximate surface area is 147 Å². The van der Waals surface area contributed by atoms with Gasteiger partial charge in [0.1, 0.15) is 11.7 Å². The van der Waals surface area contributed by atoms with Crippen LogP contribution in [0.15, 0.2) is 36.7 Å². The van der Waals surface area contributed by atoms with Gasteiger partial charge in [0.15, 0.2) is 0 Å². The Bertz CT molecular complexity index is 771. The second-order valence-corrected chi connectivity index (χ2v) is 6.46. The van der Waals surface area contributed by atoms with Gasteiger partial charge in [0.2, 0.25) is 5.91 Å². The molecule has 0 bridgehead atoms. The Morgan fingerprint density at radius 2 is 1.84 bits per heavy atom. The van der Waals surface area contributed by atoms with E-state index in [1.807, 2.05) is 38.1 Å². The van der Waals surface area contributed by atoms with Gasteiger partial charge >= 0.3 is 0 Å². The van der Waals surface area contributed by atoms with Crippen LogP contribution in [0.3, 0.4) is 0 Å². The van der Waals surface area contributed by atoms with Crippen LogP contribution in [0.25, 0.3) is 0 Å². The topological polar surface area (TPSA) is 66.4 Å². The molecule has 3 rings (SSSR count). The maximum absolute atomic E-state index is 12.7. The number of amides is 2. The van der Waals surface area contributed by atoms with Crippen LogP contribution in [0.1, 0.15) is 34.2 Å². The molecular weight excluding hydrogens is 316 g/mol. The molecule has 0 unspecified atom stereocenters. The molecule has 1 aromatic carbocycles. The standard InChI is InChI=1S/C19H22N4O2/c1-13-4-6-16(7-5-13)12-22-8-9-23(15(3)18(22)24)19(25)17-11-20-14(2)10-21-17/h4-7,10-11,15H,8-9,12H2,1-3H3/t15-/m0/s1. The molecule has 1 fully saturated rings. The fraction of sp³-hybridized carbons (Fsp3) is 0.368. The van der Waals surface area contributed by atoms with Crippen LogP contribution in [0.2, 0.25) is 0 Å². The summed E-state index contributed by atoms with van der Waals surface area (Å²) in [6.45, 7) is 7.20. The lowest BCUT2D eigenvalue weighted by Crippen LogP contribution is -2.57. The van der Waals surface area contributed by atoms with Crippen LogP contribution in [0.4, 0.5) is 0 Å². The van der Waals surface area contributed by atoms with Crippen molar-refractivity contribution < 1.29 is 9.59 Å². The number of piperazine rings is 1. The molecule has 1 aliphatic rings. The normalized spacial score (nSPS) is 17.7. The maximum Gasteiger partial charge on any atom is 0.274 e. The second kappa shape index (κ2) is 7.01. The number of benzene rings is 1. The van der Waals surface area contributed by atoms with Crippen molar-refractivity contribution in [2.75, 3.05) is 13.1 Å². The zero-order valence-electron chi connectivity index (χ0n) is 14.8. The fourth-order valence-electron chi connectivity index (χ4n) is 2.93. The molecule has 6 nitrogen and oxygen atoms in total. The average molecular weight is 338 g/mol. The van der Waals surface area contributed by atoms with Crippen molar-refractivity contribution in [3.8, 4) is 0 Å². The highest BCUT2D eigenvalue weighted by Crippen LogP contribution is 2.17. The molecule has 0 saturated carbocycles. The fourth-order valence-corrected chi connectivity index (χ4v) is 2.93. The first kappa shape index (κ1) is 17.1. The first-order chi connectivity index (χ1) is 12.0. The summed E-state index contributed by atoms with van der Waals surface area (Å²) in [5, 5.41) is 0. The quantitative estimate of drug-likeness (QED) is 0.858. The summed E-state index contributed by atoms with van der Waals surface area (Å²) in [6, 6.07) is 7.65. The zero-order chi connectivity index (χ0) is 18.0. The van der Waals surface area contributed by atoms with Gasteiger partial charge in [0.25, 0.3) is 5.91 Å². The summed E-state index contributed by atoms with van der Waals surface area (Å²) in [5.74, 6) is -0.288. The number of carbonyl (C=O) groups excluding carboxylic acids is 2. The van der Waals surface area contributed by atoms with Crippen LogP contribution in [0.5, 0.6) is 0 Å². The van der Waals surface area contributed by atoms with Gasteiger partial charge in [-0.25, -0.2) is 4.98 Å². The minimum atomic E-state index is -0.505. The van der Waals surface area contributed by atoms with E-state index in [1.54, 1.807) is 22.9 Å². The van der Waals surface area contributed by atoms with E-state index in [0.717, 1.165) is 11.3 Å². The Hall–Kier alpha value is -2.76. The molecule has 2 amide bonds. The Balaban J connectivity index is 1.69. The smallest absolute Gasteiger partial charge is 0.274 e. The van der Waals surface area contributed by atoms with E-state index in [2.05, 4.69) is 9.97 Å². The van der Waals surface area contributed by atoms with E-state index < -0.39 is 6.04 Å². The molecule has 0 aliphatic carbocycles. The predicted molar refractivity (Wildman–Crippen MR) is 93.9 cm³/mol. The summed E-state index contributed by atoms with van der Waals surface area (Å²) in [7, 11) is 0. The molecule has 25 heavy (non-hydrogen) atoms. The molecule has 0 radical (unpaired) electrons. The lowest BCUT2D eigenvalue weighted by Gasteiger charge is -2.39. The Morgan fingerprint density at radius 1 is 1.12 bits per heavy atom. The maximum atomic E-state index is 12.7. The van der Waals surface area contributed by atoms with Crippen molar-refractivity contribution >= 4 is 11.8 Å². The van der Waals surface area contributed by atoms with Gasteiger partial charge in [-0.1, -0.05) is 29.8 Å². The predicted octanol–water partition coefficient (Wildman–Crippen LogP) is 1.97. The lowest BCUT2D eigenvalue weighted by atomic mass is 10.1.